The number of fused-ring (bicyclic) bond motifs is 1. The van der Waals surface area contributed by atoms with Crippen molar-refractivity contribution in [3.05, 3.63) is 70.5 Å². The van der Waals surface area contributed by atoms with Gasteiger partial charge in [-0.05, 0) is 42.7 Å². The number of amides is 1. The van der Waals surface area contributed by atoms with Gasteiger partial charge in [-0.3, -0.25) is 4.79 Å². The van der Waals surface area contributed by atoms with Crippen molar-refractivity contribution < 1.29 is 9.53 Å². The summed E-state index contributed by atoms with van der Waals surface area (Å²) in [7, 11) is 1.57. The Morgan fingerprint density at radius 2 is 2.07 bits per heavy atom. The minimum Gasteiger partial charge on any atom is -0.495 e. The molecule has 1 aromatic heterocycles. The number of anilines is 3. The quantitative estimate of drug-likeness (QED) is 0.710. The van der Waals surface area contributed by atoms with Gasteiger partial charge in [0.2, 0.25) is 5.95 Å². The van der Waals surface area contributed by atoms with E-state index in [1.807, 2.05) is 37.3 Å². The molecule has 0 saturated heterocycles. The summed E-state index contributed by atoms with van der Waals surface area (Å²) in [6, 6.07) is 13.1. The second-order valence-corrected chi connectivity index (χ2v) is 6.93. The number of benzene rings is 2. The summed E-state index contributed by atoms with van der Waals surface area (Å²) in [6.07, 6.45) is 2.42. The molecule has 0 radical (unpaired) electrons. The molecular weight excluding hydrogens is 376 g/mol. The van der Waals surface area contributed by atoms with Gasteiger partial charge in [-0.2, -0.15) is 0 Å². The van der Waals surface area contributed by atoms with E-state index < -0.39 is 0 Å². The number of carbonyl (C=O) groups excluding carboxylic acids is 1. The number of aryl methyl sites for hydroxylation is 1. The number of rotatable bonds is 4. The first-order valence-electron chi connectivity index (χ1n) is 8.91. The standard InChI is InChI=1S/C21H19ClN4O2/c1-13-11-17(19(28-2)12-15(13)22)25-21-23-9-7-16(24-21)20(27)26-10-8-14-5-3-4-6-18(14)26/h3-7,9,11-12H,8,10H2,1-2H3,(H,23,24,25). The fraction of sp³-hybridized carbons (Fsp3) is 0.190. The van der Waals surface area contributed by atoms with Crippen molar-refractivity contribution in [2.45, 2.75) is 13.3 Å². The summed E-state index contributed by atoms with van der Waals surface area (Å²) in [5, 5.41) is 3.73. The molecule has 2 heterocycles. The van der Waals surface area contributed by atoms with E-state index in [9.17, 15) is 4.79 Å². The number of aromatic nitrogens is 2. The van der Waals surface area contributed by atoms with Crippen LogP contribution >= 0.6 is 11.6 Å². The summed E-state index contributed by atoms with van der Waals surface area (Å²) >= 11 is 6.16. The Labute approximate surface area is 168 Å². The monoisotopic (exact) mass is 394 g/mol. The number of ether oxygens (including phenoxy) is 1. The van der Waals surface area contributed by atoms with Crippen LogP contribution in [0.3, 0.4) is 0 Å². The topological polar surface area (TPSA) is 67.3 Å². The van der Waals surface area contributed by atoms with Gasteiger partial charge in [0.05, 0.1) is 12.8 Å². The van der Waals surface area contributed by atoms with E-state index in [0.29, 0.717) is 34.6 Å². The molecule has 4 rings (SSSR count). The smallest absolute Gasteiger partial charge is 0.277 e. The van der Waals surface area contributed by atoms with E-state index >= 15 is 0 Å². The summed E-state index contributed by atoms with van der Waals surface area (Å²) in [5.74, 6) is 0.748. The lowest BCUT2D eigenvalue weighted by Gasteiger charge is -2.17. The number of methoxy groups -OCH3 is 1. The molecule has 6 nitrogen and oxygen atoms in total. The Balaban J connectivity index is 1.61. The van der Waals surface area contributed by atoms with Crippen molar-refractivity contribution in [3.8, 4) is 5.75 Å². The maximum absolute atomic E-state index is 13.0. The zero-order chi connectivity index (χ0) is 19.7. The van der Waals surface area contributed by atoms with Crippen LogP contribution in [0.5, 0.6) is 5.75 Å². The van der Waals surface area contributed by atoms with Crippen LogP contribution in [0.2, 0.25) is 5.02 Å². The molecule has 0 bridgehead atoms. The van der Waals surface area contributed by atoms with Gasteiger partial charge in [-0.1, -0.05) is 29.8 Å². The number of hydrogen-bond acceptors (Lipinski definition) is 5. The summed E-state index contributed by atoms with van der Waals surface area (Å²) in [4.78, 5) is 23.4. The Morgan fingerprint density at radius 1 is 1.25 bits per heavy atom. The van der Waals surface area contributed by atoms with Crippen molar-refractivity contribution in [1.29, 1.82) is 0 Å². The largest absolute Gasteiger partial charge is 0.495 e. The number of nitrogens with zero attached hydrogens (tertiary/aromatic N) is 3. The van der Waals surface area contributed by atoms with Gasteiger partial charge in [-0.15, -0.1) is 0 Å². The predicted molar refractivity (Wildman–Crippen MR) is 110 cm³/mol. The highest BCUT2D eigenvalue weighted by atomic mass is 35.5. The van der Waals surface area contributed by atoms with Crippen LogP contribution in [0, 0.1) is 6.92 Å². The summed E-state index contributed by atoms with van der Waals surface area (Å²) < 4.78 is 5.37. The second kappa shape index (κ2) is 7.48. The van der Waals surface area contributed by atoms with E-state index in [4.69, 9.17) is 16.3 Å². The zero-order valence-electron chi connectivity index (χ0n) is 15.6. The molecule has 142 valence electrons. The van der Waals surface area contributed by atoms with Crippen molar-refractivity contribution in [2.75, 3.05) is 23.9 Å². The Kier molecular flexibility index (Phi) is 4.88. The van der Waals surface area contributed by atoms with Crippen molar-refractivity contribution in [3.63, 3.8) is 0 Å². The third kappa shape index (κ3) is 3.39. The molecule has 2 aromatic carbocycles. The molecule has 0 saturated carbocycles. The second-order valence-electron chi connectivity index (χ2n) is 6.53. The Bertz CT molecular complexity index is 1050. The number of halogens is 1. The molecule has 3 aromatic rings. The Morgan fingerprint density at radius 3 is 2.89 bits per heavy atom. The van der Waals surface area contributed by atoms with E-state index in [2.05, 4.69) is 15.3 Å². The highest BCUT2D eigenvalue weighted by Crippen LogP contribution is 2.32. The summed E-state index contributed by atoms with van der Waals surface area (Å²) in [6.45, 7) is 2.55. The van der Waals surface area contributed by atoms with Crippen LogP contribution in [-0.2, 0) is 6.42 Å². The molecule has 1 aliphatic heterocycles. The highest BCUT2D eigenvalue weighted by Gasteiger charge is 2.26. The first-order chi connectivity index (χ1) is 13.6. The Hall–Kier alpha value is -3.12. The van der Waals surface area contributed by atoms with Crippen LogP contribution in [-0.4, -0.2) is 29.5 Å². The van der Waals surface area contributed by atoms with Gasteiger partial charge in [0.15, 0.2) is 0 Å². The molecule has 0 atom stereocenters. The van der Waals surface area contributed by atoms with E-state index in [1.54, 1.807) is 30.3 Å². The molecule has 0 unspecified atom stereocenters. The maximum atomic E-state index is 13.0. The normalized spacial score (nSPS) is 12.6. The average Bonchev–Trinajstić information content (AvgIpc) is 3.14. The molecular formula is C21H19ClN4O2. The SMILES string of the molecule is COc1cc(Cl)c(C)cc1Nc1nccc(C(=O)N2CCc3ccccc32)n1. The number of hydrogen-bond donors (Lipinski definition) is 1. The number of para-hydroxylation sites is 1. The van der Waals surface area contributed by atoms with Crippen molar-refractivity contribution in [2.24, 2.45) is 0 Å². The molecule has 1 N–H and O–H groups in total. The lowest BCUT2D eigenvalue weighted by molar-refractivity contribution is 0.0984. The minimum absolute atomic E-state index is 0.144. The minimum atomic E-state index is -0.144. The lowest BCUT2D eigenvalue weighted by Crippen LogP contribution is -2.29. The lowest BCUT2D eigenvalue weighted by atomic mass is 10.2. The van der Waals surface area contributed by atoms with Crippen molar-refractivity contribution >= 4 is 34.8 Å². The van der Waals surface area contributed by atoms with Gasteiger partial charge >= 0.3 is 0 Å². The average molecular weight is 395 g/mol. The maximum Gasteiger partial charge on any atom is 0.277 e. The van der Waals surface area contributed by atoms with Crippen LogP contribution in [0.4, 0.5) is 17.3 Å². The molecule has 28 heavy (non-hydrogen) atoms. The number of nitrogens with one attached hydrogen (secondary N) is 1. The van der Waals surface area contributed by atoms with Crippen molar-refractivity contribution in [1.82, 2.24) is 9.97 Å². The fourth-order valence-electron chi connectivity index (χ4n) is 3.28. The van der Waals surface area contributed by atoms with E-state index in [1.165, 1.54) is 5.56 Å². The first kappa shape index (κ1) is 18.3. The molecule has 0 aliphatic carbocycles. The third-order valence-corrected chi connectivity index (χ3v) is 5.14. The van der Waals surface area contributed by atoms with Crippen LogP contribution in [0.15, 0.2) is 48.7 Å². The molecule has 0 fully saturated rings. The third-order valence-electron chi connectivity index (χ3n) is 4.73. The number of carbonyl (C=O) groups is 1. The predicted octanol–water partition coefficient (Wildman–Crippen LogP) is 4.39. The van der Waals surface area contributed by atoms with Crippen LogP contribution in [0.1, 0.15) is 21.6 Å². The van der Waals surface area contributed by atoms with Gasteiger partial charge in [0.25, 0.3) is 5.91 Å². The molecule has 1 aliphatic rings. The van der Waals surface area contributed by atoms with Crippen LogP contribution in [0.25, 0.3) is 0 Å². The molecule has 0 spiro atoms. The fourth-order valence-corrected chi connectivity index (χ4v) is 3.43. The molecule has 1 amide bonds. The first-order valence-corrected chi connectivity index (χ1v) is 9.28. The zero-order valence-corrected chi connectivity index (χ0v) is 16.3. The van der Waals surface area contributed by atoms with E-state index in [0.717, 1.165) is 17.7 Å². The van der Waals surface area contributed by atoms with Gasteiger partial charge in [0.1, 0.15) is 11.4 Å². The van der Waals surface area contributed by atoms with Gasteiger partial charge in [-0.25, -0.2) is 9.97 Å². The van der Waals surface area contributed by atoms with Gasteiger partial charge < -0.3 is 15.0 Å². The molecule has 7 heteroatoms. The highest BCUT2D eigenvalue weighted by molar-refractivity contribution is 6.31. The van der Waals surface area contributed by atoms with Gasteiger partial charge in [0, 0.05) is 29.5 Å². The summed E-state index contributed by atoms with van der Waals surface area (Å²) in [5.41, 5.74) is 4.02. The van der Waals surface area contributed by atoms with Crippen LogP contribution < -0.4 is 15.0 Å². The van der Waals surface area contributed by atoms with E-state index in [-0.39, 0.29) is 5.91 Å².